The van der Waals surface area contributed by atoms with Crippen LogP contribution in [0.15, 0.2) is 30.5 Å². The Morgan fingerprint density at radius 1 is 1.37 bits per heavy atom. The Morgan fingerprint density at radius 3 is 3.05 bits per heavy atom. The Hall–Kier alpha value is -1.81. The lowest BCUT2D eigenvalue weighted by Crippen LogP contribution is -2.22. The van der Waals surface area contributed by atoms with Crippen molar-refractivity contribution in [2.75, 3.05) is 6.61 Å². The lowest BCUT2D eigenvalue weighted by molar-refractivity contribution is 0.200. The molecule has 0 radical (unpaired) electrons. The molecule has 0 bridgehead atoms. The largest absolute Gasteiger partial charge is 0.508 e. The molecular weight excluding hydrogens is 240 g/mol. The summed E-state index contributed by atoms with van der Waals surface area (Å²) < 4.78 is 2.25. The molecule has 0 amide bonds. The first-order valence-electron chi connectivity index (χ1n) is 6.68. The van der Waals surface area contributed by atoms with Crippen LogP contribution in [0.3, 0.4) is 0 Å². The number of aliphatic hydroxyl groups is 1. The van der Waals surface area contributed by atoms with Gasteiger partial charge in [-0.15, -0.1) is 0 Å². The number of hydrogen-bond donors (Lipinski definition) is 2. The van der Waals surface area contributed by atoms with Gasteiger partial charge in [0, 0.05) is 31.5 Å². The molecule has 1 unspecified atom stereocenters. The average molecular weight is 258 g/mol. The molecule has 2 heterocycles. The zero-order valence-corrected chi connectivity index (χ0v) is 10.8. The molecule has 2 N–H and O–H groups in total. The fourth-order valence-corrected chi connectivity index (χ4v) is 2.75. The van der Waals surface area contributed by atoms with Crippen LogP contribution in [-0.2, 0) is 19.4 Å². The molecule has 3 rings (SSSR count). The molecule has 0 fully saturated rings. The number of phenols is 1. The number of phenolic OH excluding ortho intramolecular Hbond substituents is 1. The van der Waals surface area contributed by atoms with E-state index >= 15 is 0 Å². The lowest BCUT2D eigenvalue weighted by Gasteiger charge is -2.23. The second-order valence-corrected chi connectivity index (χ2v) is 5.21. The highest BCUT2D eigenvalue weighted by atomic mass is 16.3. The lowest BCUT2D eigenvalue weighted by atomic mass is 9.97. The standard InChI is InChI=1S/C15H18N2O2/c18-10-12-4-5-17-13(6-12)9-16-15(17)8-11-2-1-3-14(19)7-11/h1-3,7,9,12,18-19H,4-6,8,10H2. The van der Waals surface area contributed by atoms with E-state index in [0.717, 1.165) is 37.2 Å². The fraction of sp³-hybridized carbons (Fsp3) is 0.400. The SMILES string of the molecule is OCC1CCn2c(cnc2Cc2cccc(O)c2)C1. The highest BCUT2D eigenvalue weighted by Crippen LogP contribution is 2.23. The van der Waals surface area contributed by atoms with E-state index in [1.165, 1.54) is 5.69 Å². The number of aliphatic hydroxyl groups excluding tert-OH is 1. The minimum Gasteiger partial charge on any atom is -0.508 e. The van der Waals surface area contributed by atoms with E-state index in [-0.39, 0.29) is 6.61 Å². The third-order valence-corrected chi connectivity index (χ3v) is 3.81. The monoisotopic (exact) mass is 258 g/mol. The van der Waals surface area contributed by atoms with Crippen LogP contribution in [0.25, 0.3) is 0 Å². The Morgan fingerprint density at radius 2 is 2.26 bits per heavy atom. The van der Waals surface area contributed by atoms with E-state index < -0.39 is 0 Å². The van der Waals surface area contributed by atoms with Gasteiger partial charge in [0.2, 0.25) is 0 Å². The van der Waals surface area contributed by atoms with Gasteiger partial charge in [0.1, 0.15) is 11.6 Å². The fourth-order valence-electron chi connectivity index (χ4n) is 2.75. The number of nitrogens with zero attached hydrogens (tertiary/aromatic N) is 2. The van der Waals surface area contributed by atoms with Gasteiger partial charge in [-0.05, 0) is 36.5 Å². The van der Waals surface area contributed by atoms with Gasteiger partial charge in [-0.1, -0.05) is 12.1 Å². The molecule has 1 atom stereocenters. The second kappa shape index (κ2) is 5.05. The van der Waals surface area contributed by atoms with E-state index in [1.54, 1.807) is 12.1 Å². The molecule has 4 nitrogen and oxygen atoms in total. The molecule has 0 saturated heterocycles. The van der Waals surface area contributed by atoms with Crippen molar-refractivity contribution in [1.82, 2.24) is 9.55 Å². The molecule has 0 spiro atoms. The summed E-state index contributed by atoms with van der Waals surface area (Å²) in [5.41, 5.74) is 2.28. The molecule has 0 saturated carbocycles. The molecule has 19 heavy (non-hydrogen) atoms. The van der Waals surface area contributed by atoms with E-state index in [2.05, 4.69) is 9.55 Å². The summed E-state index contributed by atoms with van der Waals surface area (Å²) in [7, 11) is 0. The van der Waals surface area contributed by atoms with Crippen molar-refractivity contribution in [1.29, 1.82) is 0 Å². The molecule has 2 aromatic rings. The first-order valence-corrected chi connectivity index (χ1v) is 6.68. The van der Waals surface area contributed by atoms with E-state index in [0.29, 0.717) is 11.7 Å². The molecule has 0 aliphatic carbocycles. The maximum absolute atomic E-state index is 9.49. The van der Waals surface area contributed by atoms with Crippen LogP contribution in [0, 0.1) is 5.92 Å². The van der Waals surface area contributed by atoms with Gasteiger partial charge in [-0.2, -0.15) is 0 Å². The zero-order chi connectivity index (χ0) is 13.2. The predicted octanol–water partition coefficient (Wildman–Crippen LogP) is 1.73. The molecule has 1 aromatic heterocycles. The predicted molar refractivity (Wildman–Crippen MR) is 72.0 cm³/mol. The number of rotatable bonds is 3. The molecule has 4 heteroatoms. The molecule has 1 aliphatic rings. The maximum Gasteiger partial charge on any atom is 0.115 e. The molecule has 100 valence electrons. The van der Waals surface area contributed by atoms with Crippen molar-refractivity contribution in [3.8, 4) is 5.75 Å². The Bertz CT molecular complexity index is 577. The summed E-state index contributed by atoms with van der Waals surface area (Å²) >= 11 is 0. The summed E-state index contributed by atoms with van der Waals surface area (Å²) in [5, 5.41) is 18.7. The van der Waals surface area contributed by atoms with E-state index in [9.17, 15) is 10.2 Å². The van der Waals surface area contributed by atoms with Crippen molar-refractivity contribution in [3.05, 3.63) is 47.5 Å². The van der Waals surface area contributed by atoms with Gasteiger partial charge >= 0.3 is 0 Å². The van der Waals surface area contributed by atoms with Crippen LogP contribution in [0.4, 0.5) is 0 Å². The summed E-state index contributed by atoms with van der Waals surface area (Å²) in [5.74, 6) is 1.71. The quantitative estimate of drug-likeness (QED) is 0.881. The third kappa shape index (κ3) is 2.49. The Balaban J connectivity index is 1.82. The van der Waals surface area contributed by atoms with Gasteiger partial charge in [-0.3, -0.25) is 0 Å². The minimum atomic E-state index is 0.257. The zero-order valence-electron chi connectivity index (χ0n) is 10.8. The smallest absolute Gasteiger partial charge is 0.115 e. The van der Waals surface area contributed by atoms with Crippen LogP contribution in [0.2, 0.25) is 0 Å². The van der Waals surface area contributed by atoms with Crippen LogP contribution in [0.5, 0.6) is 5.75 Å². The number of hydrogen-bond acceptors (Lipinski definition) is 3. The summed E-state index contributed by atoms with van der Waals surface area (Å²) in [6.07, 6.45) is 4.56. The van der Waals surface area contributed by atoms with Crippen molar-refractivity contribution in [3.63, 3.8) is 0 Å². The first-order chi connectivity index (χ1) is 9.26. The molecular formula is C15H18N2O2. The van der Waals surface area contributed by atoms with Gasteiger partial charge in [0.25, 0.3) is 0 Å². The average Bonchev–Trinajstić information content (AvgIpc) is 2.81. The first kappa shape index (κ1) is 12.2. The highest BCUT2D eigenvalue weighted by Gasteiger charge is 2.20. The number of fused-ring (bicyclic) bond motifs is 1. The van der Waals surface area contributed by atoms with E-state index in [1.807, 2.05) is 18.3 Å². The summed E-state index contributed by atoms with van der Waals surface area (Å²) in [4.78, 5) is 4.49. The van der Waals surface area contributed by atoms with Gasteiger partial charge < -0.3 is 14.8 Å². The minimum absolute atomic E-state index is 0.257. The molecule has 1 aliphatic heterocycles. The van der Waals surface area contributed by atoms with Gasteiger partial charge in [0.05, 0.1) is 0 Å². The normalized spacial score (nSPS) is 18.3. The van der Waals surface area contributed by atoms with Gasteiger partial charge in [-0.25, -0.2) is 4.98 Å². The topological polar surface area (TPSA) is 58.3 Å². The highest BCUT2D eigenvalue weighted by molar-refractivity contribution is 5.29. The molecule has 1 aromatic carbocycles. The van der Waals surface area contributed by atoms with Crippen LogP contribution in [0.1, 0.15) is 23.5 Å². The second-order valence-electron chi connectivity index (χ2n) is 5.21. The Labute approximate surface area is 112 Å². The number of aromatic nitrogens is 2. The maximum atomic E-state index is 9.49. The Kier molecular flexibility index (Phi) is 3.25. The van der Waals surface area contributed by atoms with E-state index in [4.69, 9.17) is 0 Å². The third-order valence-electron chi connectivity index (χ3n) is 3.81. The van der Waals surface area contributed by atoms with Crippen molar-refractivity contribution >= 4 is 0 Å². The van der Waals surface area contributed by atoms with Crippen LogP contribution < -0.4 is 0 Å². The number of imidazole rings is 1. The van der Waals surface area contributed by atoms with Crippen molar-refractivity contribution in [2.45, 2.75) is 25.8 Å². The van der Waals surface area contributed by atoms with Gasteiger partial charge in [0.15, 0.2) is 0 Å². The number of aromatic hydroxyl groups is 1. The summed E-state index contributed by atoms with van der Waals surface area (Å²) in [6, 6.07) is 7.31. The number of benzene rings is 1. The summed E-state index contributed by atoms with van der Waals surface area (Å²) in [6.45, 7) is 1.18. The van der Waals surface area contributed by atoms with Crippen LogP contribution in [-0.4, -0.2) is 26.4 Å². The van der Waals surface area contributed by atoms with Crippen molar-refractivity contribution in [2.24, 2.45) is 5.92 Å². The van der Waals surface area contributed by atoms with Crippen molar-refractivity contribution < 1.29 is 10.2 Å². The van der Waals surface area contributed by atoms with Crippen LogP contribution >= 0.6 is 0 Å².